The Balaban J connectivity index is 2.03. The second kappa shape index (κ2) is 7.99. The molecule has 0 amide bonds. The van der Waals surface area contributed by atoms with Gasteiger partial charge in [0.1, 0.15) is 0 Å². The summed E-state index contributed by atoms with van der Waals surface area (Å²) in [4.78, 5) is 12.9. The molecule has 0 bridgehead atoms. The van der Waals surface area contributed by atoms with E-state index in [0.717, 1.165) is 11.9 Å². The van der Waals surface area contributed by atoms with E-state index in [1.807, 2.05) is 22.6 Å². The van der Waals surface area contributed by atoms with E-state index in [1.165, 1.54) is 11.8 Å². The minimum Gasteiger partial charge on any atom is -0.276 e. The number of hydrogen-bond donors (Lipinski definition) is 1. The molecule has 3 rings (SSSR count). The fraction of sp³-hybridized carbons (Fsp3) is 0.471. The lowest BCUT2D eigenvalue weighted by atomic mass is 10.1. The largest absolute Gasteiger partial charge is 0.276 e. The highest BCUT2D eigenvalue weighted by Crippen LogP contribution is 2.22. The summed E-state index contributed by atoms with van der Waals surface area (Å²) < 4.78 is 25.7. The highest BCUT2D eigenvalue weighted by atomic mass is 32.2. The van der Waals surface area contributed by atoms with Crippen molar-refractivity contribution in [2.75, 3.05) is 11.5 Å². The molecule has 0 radical (unpaired) electrons. The van der Waals surface area contributed by atoms with Crippen LogP contribution < -0.4 is 10.7 Å². The molecule has 0 saturated carbocycles. The number of para-hydroxylation sites is 1. The van der Waals surface area contributed by atoms with Crippen molar-refractivity contribution in [3.05, 3.63) is 34.6 Å². The fourth-order valence-electron chi connectivity index (χ4n) is 2.84. The molecule has 0 fully saturated rings. The summed E-state index contributed by atoms with van der Waals surface area (Å²) in [6.45, 7) is 4.79. The van der Waals surface area contributed by atoms with Gasteiger partial charge in [-0.25, -0.2) is 13.6 Å². The Kier molecular flexibility index (Phi) is 5.87. The molecular weight excluding hydrogens is 386 g/mol. The molecule has 0 unspecified atom stereocenters. The number of nitrogens with two attached hydrogens (primary N) is 1. The summed E-state index contributed by atoms with van der Waals surface area (Å²) in [5.74, 6) is 1.43. The number of sulfonamides is 1. The third-order valence-corrected chi connectivity index (χ3v) is 6.09. The van der Waals surface area contributed by atoms with Gasteiger partial charge in [0, 0.05) is 12.3 Å². The number of benzene rings is 1. The zero-order chi connectivity index (χ0) is 19.6. The van der Waals surface area contributed by atoms with Crippen LogP contribution in [0.1, 0.15) is 26.7 Å². The molecule has 0 aliphatic heterocycles. The van der Waals surface area contributed by atoms with E-state index < -0.39 is 10.0 Å². The first-order valence-electron chi connectivity index (χ1n) is 8.78. The third-order valence-electron chi connectivity index (χ3n) is 4.21. The average molecular weight is 410 g/mol. The molecule has 1 aromatic carbocycles. The Morgan fingerprint density at radius 1 is 1.22 bits per heavy atom. The molecule has 0 atom stereocenters. The number of rotatable bonds is 8. The minimum absolute atomic E-state index is 0.0723. The van der Waals surface area contributed by atoms with Gasteiger partial charge in [0.25, 0.3) is 5.56 Å². The van der Waals surface area contributed by atoms with Crippen LogP contribution in [0.5, 0.6) is 0 Å². The lowest BCUT2D eigenvalue weighted by Crippen LogP contribution is -2.24. The fourth-order valence-corrected chi connectivity index (χ4v) is 4.45. The van der Waals surface area contributed by atoms with Crippen LogP contribution >= 0.6 is 11.8 Å². The van der Waals surface area contributed by atoms with Crippen LogP contribution in [0.25, 0.3) is 16.7 Å². The van der Waals surface area contributed by atoms with Crippen LogP contribution in [0.2, 0.25) is 0 Å². The molecule has 0 aliphatic carbocycles. The Labute approximate surface area is 161 Å². The lowest BCUT2D eigenvalue weighted by molar-refractivity contribution is 0.512. The van der Waals surface area contributed by atoms with Gasteiger partial charge in [-0.1, -0.05) is 37.7 Å². The molecule has 3 aromatic rings. The topological polar surface area (TPSA) is 112 Å². The Bertz CT molecular complexity index is 1120. The van der Waals surface area contributed by atoms with Crippen LogP contribution in [-0.2, 0) is 16.6 Å². The zero-order valence-electron chi connectivity index (χ0n) is 15.3. The van der Waals surface area contributed by atoms with E-state index in [-0.39, 0.29) is 11.3 Å². The van der Waals surface area contributed by atoms with Crippen molar-refractivity contribution in [1.82, 2.24) is 19.2 Å². The maximum Gasteiger partial charge on any atom is 0.262 e. The first kappa shape index (κ1) is 19.8. The molecular formula is C17H23N5O3S2. The van der Waals surface area contributed by atoms with E-state index in [9.17, 15) is 13.2 Å². The smallest absolute Gasteiger partial charge is 0.262 e. The normalized spacial score (nSPS) is 12.4. The molecule has 2 aromatic heterocycles. The van der Waals surface area contributed by atoms with Crippen molar-refractivity contribution < 1.29 is 8.42 Å². The van der Waals surface area contributed by atoms with Crippen LogP contribution in [0.3, 0.4) is 0 Å². The van der Waals surface area contributed by atoms with Gasteiger partial charge < -0.3 is 0 Å². The van der Waals surface area contributed by atoms with E-state index in [1.54, 1.807) is 10.6 Å². The van der Waals surface area contributed by atoms with Crippen LogP contribution in [0, 0.1) is 5.92 Å². The Morgan fingerprint density at radius 2 is 1.96 bits per heavy atom. The average Bonchev–Trinajstić information content (AvgIpc) is 3.01. The second-order valence-corrected chi connectivity index (χ2v) is 9.64. The van der Waals surface area contributed by atoms with E-state index in [0.29, 0.717) is 41.0 Å². The summed E-state index contributed by atoms with van der Waals surface area (Å²) in [7, 11) is -3.47. The third kappa shape index (κ3) is 4.50. The molecule has 0 saturated heterocycles. The lowest BCUT2D eigenvalue weighted by Gasteiger charge is -2.12. The van der Waals surface area contributed by atoms with Gasteiger partial charge in [-0.2, -0.15) is 0 Å². The van der Waals surface area contributed by atoms with Crippen molar-refractivity contribution in [3.63, 3.8) is 0 Å². The van der Waals surface area contributed by atoms with E-state index >= 15 is 0 Å². The monoisotopic (exact) mass is 409 g/mol. The zero-order valence-corrected chi connectivity index (χ0v) is 17.0. The van der Waals surface area contributed by atoms with Crippen molar-refractivity contribution in [2.24, 2.45) is 11.1 Å². The van der Waals surface area contributed by atoms with Gasteiger partial charge in [-0.15, -0.1) is 10.2 Å². The number of nitrogens with zero attached hydrogens (tertiary/aromatic N) is 4. The molecule has 2 heterocycles. The maximum atomic E-state index is 12.9. The van der Waals surface area contributed by atoms with Crippen LogP contribution in [0.4, 0.5) is 0 Å². The number of hydrogen-bond acceptors (Lipinski definition) is 6. The Hall–Kier alpha value is -1.91. The highest BCUT2D eigenvalue weighted by molar-refractivity contribution is 7.99. The summed E-state index contributed by atoms with van der Waals surface area (Å²) in [6.07, 6.45) is 1.28. The van der Waals surface area contributed by atoms with Crippen molar-refractivity contribution in [3.8, 4) is 0 Å². The predicted molar refractivity (Wildman–Crippen MR) is 108 cm³/mol. The summed E-state index contributed by atoms with van der Waals surface area (Å²) in [5.41, 5.74) is 0.675. The second-order valence-electron chi connectivity index (χ2n) is 6.84. The van der Waals surface area contributed by atoms with Crippen molar-refractivity contribution in [2.45, 2.75) is 38.4 Å². The summed E-state index contributed by atoms with van der Waals surface area (Å²) in [6, 6.07) is 7.38. The van der Waals surface area contributed by atoms with Crippen LogP contribution in [-0.4, -0.2) is 39.1 Å². The quantitative estimate of drug-likeness (QED) is 0.449. The van der Waals surface area contributed by atoms with Crippen LogP contribution in [0.15, 0.2) is 34.2 Å². The number of fused-ring (bicyclic) bond motifs is 3. The predicted octanol–water partition coefficient (Wildman–Crippen LogP) is 1.86. The number of thioether (sulfide) groups is 1. The van der Waals surface area contributed by atoms with Gasteiger partial charge in [-0.05, 0) is 30.9 Å². The van der Waals surface area contributed by atoms with Crippen molar-refractivity contribution in [1.29, 1.82) is 0 Å². The molecule has 27 heavy (non-hydrogen) atoms. The number of primary sulfonamides is 1. The number of aryl methyl sites for hydroxylation is 1. The first-order chi connectivity index (χ1) is 12.8. The molecule has 0 spiro atoms. The Morgan fingerprint density at radius 3 is 2.67 bits per heavy atom. The summed E-state index contributed by atoms with van der Waals surface area (Å²) >= 11 is 1.41. The minimum atomic E-state index is -3.47. The molecule has 10 heteroatoms. The van der Waals surface area contributed by atoms with Gasteiger partial charge in [0.2, 0.25) is 15.8 Å². The highest BCUT2D eigenvalue weighted by Gasteiger charge is 2.17. The molecule has 0 aliphatic rings. The molecule has 146 valence electrons. The standard InChI is InChI=1S/C17H23N5O3S2/c1-12(2)8-9-21-15(23)13-6-3-4-7-14(13)22-16(21)19-20-17(22)26-10-5-11-27(18,24)25/h3-4,6-7,12H,5,8-11H2,1-2H3,(H2,18,24,25). The van der Waals surface area contributed by atoms with E-state index in [4.69, 9.17) is 5.14 Å². The van der Waals surface area contributed by atoms with Gasteiger partial charge in [0.15, 0.2) is 5.16 Å². The van der Waals surface area contributed by atoms with Gasteiger partial charge >= 0.3 is 0 Å². The molecule has 2 N–H and O–H groups in total. The molecule has 8 nitrogen and oxygen atoms in total. The van der Waals surface area contributed by atoms with Gasteiger partial charge in [0.05, 0.1) is 16.7 Å². The van der Waals surface area contributed by atoms with Crippen molar-refractivity contribution >= 4 is 38.5 Å². The number of aromatic nitrogens is 4. The SMILES string of the molecule is CC(C)CCn1c(=O)c2ccccc2n2c(SCCCS(N)(=O)=O)nnc12. The summed E-state index contributed by atoms with van der Waals surface area (Å²) in [5, 5.41) is 14.8. The maximum absolute atomic E-state index is 12.9. The van der Waals surface area contributed by atoms with E-state index in [2.05, 4.69) is 24.0 Å². The first-order valence-corrected chi connectivity index (χ1v) is 11.5. The van der Waals surface area contributed by atoms with Gasteiger partial charge in [-0.3, -0.25) is 13.8 Å².